The molecule has 3 unspecified atom stereocenters. The molecule has 47 heavy (non-hydrogen) atoms. The molecule has 0 aliphatic carbocycles. The molecule has 9 heteroatoms. The van der Waals surface area contributed by atoms with E-state index < -0.39 is 20.0 Å². The van der Waals surface area contributed by atoms with Crippen LogP contribution in [0.2, 0.25) is 0 Å². The standard InChI is InChI=1S/C38H75N2O6P/c1-6-8-10-12-14-15-16-17-18-19-20-21-22-23-24-25-26-28-30-32-38(42)39-36(37(41)31-29-27-13-11-9-7-2)35-46-47(43,44)45-34-33-40(3,4)5/h14-15,17-18,36-37,41H,6-13,16,19-35H2,1-5H3,(H-,39,42,43,44)/b15-14-,18-17-. The van der Waals surface area contributed by atoms with E-state index in [1.165, 1.54) is 89.9 Å². The van der Waals surface area contributed by atoms with E-state index in [-0.39, 0.29) is 19.1 Å². The van der Waals surface area contributed by atoms with Crippen LogP contribution in [0, 0.1) is 0 Å². The van der Waals surface area contributed by atoms with Gasteiger partial charge in [0, 0.05) is 6.42 Å². The Bertz CT molecular complexity index is 829. The molecule has 0 heterocycles. The number of carbonyl (C=O) groups excluding carboxylic acids is 1. The Hall–Kier alpha value is -1.02. The van der Waals surface area contributed by atoms with Gasteiger partial charge in [-0.2, -0.15) is 0 Å². The Morgan fingerprint density at radius 2 is 1.23 bits per heavy atom. The number of allylic oxidation sites excluding steroid dienone is 4. The largest absolute Gasteiger partial charge is 0.756 e. The molecule has 0 bridgehead atoms. The fourth-order valence-electron chi connectivity index (χ4n) is 5.30. The maximum Gasteiger partial charge on any atom is 0.268 e. The van der Waals surface area contributed by atoms with Crippen molar-refractivity contribution in [2.75, 3.05) is 40.9 Å². The molecule has 0 aliphatic heterocycles. The van der Waals surface area contributed by atoms with Crippen molar-refractivity contribution in [1.82, 2.24) is 5.32 Å². The fraction of sp³-hybridized carbons (Fsp3) is 0.868. The third-order valence-corrected chi connectivity index (χ3v) is 9.41. The Balaban J connectivity index is 4.24. The van der Waals surface area contributed by atoms with Crippen molar-refractivity contribution in [3.05, 3.63) is 24.3 Å². The summed E-state index contributed by atoms with van der Waals surface area (Å²) in [4.78, 5) is 25.1. The van der Waals surface area contributed by atoms with Gasteiger partial charge in [-0.05, 0) is 44.9 Å². The predicted octanol–water partition coefficient (Wildman–Crippen LogP) is 9.16. The number of phosphoric acid groups is 1. The van der Waals surface area contributed by atoms with Gasteiger partial charge in [0.2, 0.25) is 5.91 Å². The van der Waals surface area contributed by atoms with Crippen molar-refractivity contribution in [3.8, 4) is 0 Å². The van der Waals surface area contributed by atoms with Crippen molar-refractivity contribution in [2.45, 2.75) is 174 Å². The van der Waals surface area contributed by atoms with Gasteiger partial charge in [-0.25, -0.2) is 0 Å². The molecular formula is C38H75N2O6P. The van der Waals surface area contributed by atoms with Crippen LogP contribution in [0.3, 0.4) is 0 Å². The number of hydrogen-bond donors (Lipinski definition) is 2. The number of aliphatic hydroxyl groups excluding tert-OH is 1. The number of rotatable bonds is 34. The zero-order valence-corrected chi connectivity index (χ0v) is 32.1. The van der Waals surface area contributed by atoms with Crippen LogP contribution >= 0.6 is 7.82 Å². The van der Waals surface area contributed by atoms with Gasteiger partial charge >= 0.3 is 0 Å². The molecule has 0 aromatic heterocycles. The van der Waals surface area contributed by atoms with Crippen LogP contribution in [0.5, 0.6) is 0 Å². The van der Waals surface area contributed by atoms with Crippen molar-refractivity contribution in [2.24, 2.45) is 0 Å². The van der Waals surface area contributed by atoms with E-state index >= 15 is 0 Å². The molecule has 0 aromatic carbocycles. The SMILES string of the molecule is CCCCC/C=C\C/C=C\CCCCCCCCCCCC(=O)NC(COP(=O)([O-])OCC[N+](C)(C)C)C(O)CCCCCCCC. The lowest BCUT2D eigenvalue weighted by Crippen LogP contribution is -2.46. The first kappa shape index (κ1) is 46.0. The lowest BCUT2D eigenvalue weighted by molar-refractivity contribution is -0.870. The summed E-state index contributed by atoms with van der Waals surface area (Å²) in [5.74, 6) is -0.177. The summed E-state index contributed by atoms with van der Waals surface area (Å²) in [7, 11) is 1.29. The highest BCUT2D eigenvalue weighted by Crippen LogP contribution is 2.38. The second-order valence-electron chi connectivity index (χ2n) is 14.3. The zero-order chi connectivity index (χ0) is 35.1. The number of quaternary nitrogens is 1. The first-order chi connectivity index (χ1) is 22.5. The van der Waals surface area contributed by atoms with Gasteiger partial charge in [0.15, 0.2) is 0 Å². The maximum atomic E-state index is 12.7. The van der Waals surface area contributed by atoms with Gasteiger partial charge in [0.1, 0.15) is 13.2 Å². The van der Waals surface area contributed by atoms with Gasteiger partial charge in [0.25, 0.3) is 7.82 Å². The molecule has 0 aliphatic rings. The minimum Gasteiger partial charge on any atom is -0.756 e. The topological polar surface area (TPSA) is 108 Å². The molecule has 1 amide bonds. The normalized spacial score (nSPS) is 15.0. The lowest BCUT2D eigenvalue weighted by Gasteiger charge is -2.30. The summed E-state index contributed by atoms with van der Waals surface area (Å²) in [6.07, 6.45) is 33.4. The third kappa shape index (κ3) is 33.3. The zero-order valence-electron chi connectivity index (χ0n) is 31.2. The number of nitrogens with zero attached hydrogens (tertiary/aromatic N) is 1. The smallest absolute Gasteiger partial charge is 0.268 e. The van der Waals surface area contributed by atoms with Gasteiger partial charge in [-0.3, -0.25) is 9.36 Å². The minimum atomic E-state index is -4.55. The Morgan fingerprint density at radius 1 is 0.745 bits per heavy atom. The van der Waals surface area contributed by atoms with E-state index in [0.29, 0.717) is 23.9 Å². The van der Waals surface area contributed by atoms with Crippen LogP contribution in [0.1, 0.15) is 162 Å². The average molecular weight is 687 g/mol. The number of hydrogen-bond acceptors (Lipinski definition) is 6. The molecule has 0 saturated heterocycles. The Kier molecular flexibility index (Phi) is 30.3. The number of phosphoric ester groups is 1. The molecule has 8 nitrogen and oxygen atoms in total. The quantitative estimate of drug-likeness (QED) is 0.0303. The summed E-state index contributed by atoms with van der Waals surface area (Å²) in [5.41, 5.74) is 0. The molecule has 3 atom stereocenters. The van der Waals surface area contributed by atoms with E-state index in [2.05, 4.69) is 43.5 Å². The Morgan fingerprint density at radius 3 is 1.81 bits per heavy atom. The van der Waals surface area contributed by atoms with E-state index in [0.717, 1.165) is 44.9 Å². The molecule has 278 valence electrons. The van der Waals surface area contributed by atoms with Crippen molar-refractivity contribution < 1.29 is 32.9 Å². The number of amides is 1. The highest BCUT2D eigenvalue weighted by Gasteiger charge is 2.24. The maximum absolute atomic E-state index is 12.7. The predicted molar refractivity (Wildman–Crippen MR) is 196 cm³/mol. The van der Waals surface area contributed by atoms with Crippen molar-refractivity contribution >= 4 is 13.7 Å². The first-order valence-electron chi connectivity index (χ1n) is 19.2. The second-order valence-corrected chi connectivity index (χ2v) is 15.7. The summed E-state index contributed by atoms with van der Waals surface area (Å²) in [6, 6.07) is -0.796. The van der Waals surface area contributed by atoms with Crippen LogP contribution in [0.15, 0.2) is 24.3 Å². The number of nitrogens with one attached hydrogen (secondary N) is 1. The molecule has 0 rings (SSSR count). The van der Waals surface area contributed by atoms with E-state index in [1.54, 1.807) is 0 Å². The molecule has 2 N–H and O–H groups in total. The Labute approximate surface area is 290 Å². The monoisotopic (exact) mass is 687 g/mol. The molecule has 0 saturated carbocycles. The first-order valence-corrected chi connectivity index (χ1v) is 20.6. The number of likely N-dealkylation sites (N-methyl/N-ethyl adjacent to an activating group) is 1. The molecular weight excluding hydrogens is 611 g/mol. The molecule has 0 radical (unpaired) electrons. The van der Waals surface area contributed by atoms with Crippen molar-refractivity contribution in [3.63, 3.8) is 0 Å². The van der Waals surface area contributed by atoms with Crippen LogP contribution in [-0.4, -0.2) is 68.5 Å². The van der Waals surface area contributed by atoms with Crippen LogP contribution in [0.4, 0.5) is 0 Å². The van der Waals surface area contributed by atoms with E-state index in [4.69, 9.17) is 9.05 Å². The lowest BCUT2D eigenvalue weighted by atomic mass is 10.0. The van der Waals surface area contributed by atoms with Gasteiger partial charge in [0.05, 0.1) is 39.9 Å². The number of unbranched alkanes of at least 4 members (excludes halogenated alkanes) is 17. The van der Waals surface area contributed by atoms with Crippen LogP contribution < -0.4 is 10.2 Å². The van der Waals surface area contributed by atoms with Crippen LogP contribution in [0.25, 0.3) is 0 Å². The highest BCUT2D eigenvalue weighted by molar-refractivity contribution is 7.45. The third-order valence-electron chi connectivity index (χ3n) is 8.44. The average Bonchev–Trinajstić information content (AvgIpc) is 3.01. The minimum absolute atomic E-state index is 0.0107. The number of aliphatic hydroxyl groups is 1. The summed E-state index contributed by atoms with van der Waals surface area (Å²) < 4.78 is 23.0. The second kappa shape index (κ2) is 31.0. The fourth-order valence-corrected chi connectivity index (χ4v) is 6.03. The van der Waals surface area contributed by atoms with Crippen molar-refractivity contribution in [1.29, 1.82) is 0 Å². The van der Waals surface area contributed by atoms with Gasteiger partial charge in [-0.15, -0.1) is 0 Å². The summed E-state index contributed by atoms with van der Waals surface area (Å²) in [5, 5.41) is 13.7. The molecule has 0 spiro atoms. The number of carbonyl (C=O) groups is 1. The summed E-state index contributed by atoms with van der Waals surface area (Å²) >= 11 is 0. The highest BCUT2D eigenvalue weighted by atomic mass is 31.2. The summed E-state index contributed by atoms with van der Waals surface area (Å²) in [6.45, 7) is 4.60. The molecule has 0 fully saturated rings. The van der Waals surface area contributed by atoms with Crippen LogP contribution in [-0.2, 0) is 18.4 Å². The van der Waals surface area contributed by atoms with E-state index in [9.17, 15) is 19.4 Å². The van der Waals surface area contributed by atoms with E-state index in [1.807, 2.05) is 21.1 Å². The van der Waals surface area contributed by atoms with Gasteiger partial charge < -0.3 is 28.8 Å². The van der Waals surface area contributed by atoms with Gasteiger partial charge in [-0.1, -0.05) is 134 Å². The molecule has 0 aromatic rings.